The first-order valence-electron chi connectivity index (χ1n) is 8.86. The molecule has 2 fully saturated rings. The molecular formula is C19H27NO3S. The van der Waals surface area contributed by atoms with Crippen LogP contribution in [0.2, 0.25) is 0 Å². The summed E-state index contributed by atoms with van der Waals surface area (Å²) in [5.41, 5.74) is 1.80. The van der Waals surface area contributed by atoms with Gasteiger partial charge in [0.25, 0.3) is 0 Å². The van der Waals surface area contributed by atoms with Crippen LogP contribution in [0, 0.1) is 17.8 Å². The number of benzene rings is 1. The van der Waals surface area contributed by atoms with Gasteiger partial charge in [-0.2, -0.15) is 0 Å². The maximum atomic E-state index is 12.3. The van der Waals surface area contributed by atoms with Crippen molar-refractivity contribution in [3.8, 4) is 0 Å². The molecule has 2 saturated carbocycles. The number of nitrogens with one attached hydrogen (secondary N) is 1. The fourth-order valence-corrected chi connectivity index (χ4v) is 5.30. The van der Waals surface area contributed by atoms with E-state index in [1.165, 1.54) is 25.7 Å². The maximum absolute atomic E-state index is 12.3. The Balaban J connectivity index is 1.50. The number of amides is 1. The molecule has 0 aliphatic heterocycles. The van der Waals surface area contributed by atoms with Gasteiger partial charge in [0.1, 0.15) is 0 Å². The molecule has 0 heterocycles. The van der Waals surface area contributed by atoms with Crippen LogP contribution in [0.4, 0.5) is 5.69 Å². The summed E-state index contributed by atoms with van der Waals surface area (Å²) in [7, 11) is 0.680. The highest BCUT2D eigenvalue weighted by atomic mass is 32.2. The number of rotatable bonds is 8. The molecule has 1 N–H and O–H groups in total. The maximum Gasteiger partial charge on any atom is 0.224 e. The molecule has 24 heavy (non-hydrogen) atoms. The van der Waals surface area contributed by atoms with Gasteiger partial charge in [-0.05, 0) is 54.7 Å². The van der Waals surface area contributed by atoms with E-state index in [4.69, 9.17) is 4.74 Å². The molecule has 0 saturated heterocycles. The van der Waals surface area contributed by atoms with Crippen LogP contribution in [0.25, 0.3) is 0 Å². The van der Waals surface area contributed by atoms with Crippen molar-refractivity contribution in [1.82, 2.24) is 0 Å². The Kier molecular flexibility index (Phi) is 6.06. The first-order valence-corrected chi connectivity index (χ1v) is 10.4. The van der Waals surface area contributed by atoms with Crippen molar-refractivity contribution < 1.29 is 13.7 Å². The largest absolute Gasteiger partial charge is 0.384 e. The summed E-state index contributed by atoms with van der Waals surface area (Å²) in [6.45, 7) is 0.507. The summed E-state index contributed by atoms with van der Waals surface area (Å²) in [6.07, 6.45) is 5.89. The van der Waals surface area contributed by atoms with Crippen LogP contribution in [-0.2, 0) is 26.1 Å². The molecule has 0 radical (unpaired) electrons. The van der Waals surface area contributed by atoms with Crippen molar-refractivity contribution in [2.24, 2.45) is 17.8 Å². The summed E-state index contributed by atoms with van der Waals surface area (Å²) >= 11 is 0. The number of carbonyl (C=O) groups is 1. The number of hydrogen-bond acceptors (Lipinski definition) is 3. The lowest BCUT2D eigenvalue weighted by Crippen LogP contribution is -2.20. The molecule has 2 aliphatic rings. The van der Waals surface area contributed by atoms with Crippen molar-refractivity contribution >= 4 is 22.4 Å². The normalized spacial score (nSPS) is 26.5. The second-order valence-corrected chi connectivity index (χ2v) is 8.75. The molecule has 1 aromatic carbocycles. The lowest BCUT2D eigenvalue weighted by Gasteiger charge is -2.21. The third-order valence-electron chi connectivity index (χ3n) is 5.39. The molecule has 4 nitrogen and oxygen atoms in total. The van der Waals surface area contributed by atoms with Crippen molar-refractivity contribution in [3.63, 3.8) is 0 Å². The van der Waals surface area contributed by atoms with Crippen LogP contribution in [0.3, 0.4) is 0 Å². The van der Waals surface area contributed by atoms with Crippen LogP contribution in [0.5, 0.6) is 0 Å². The Hall–Kier alpha value is -1.20. The predicted molar refractivity (Wildman–Crippen MR) is 97.2 cm³/mol. The molecular weight excluding hydrogens is 322 g/mol. The van der Waals surface area contributed by atoms with E-state index in [1.807, 2.05) is 24.3 Å². The highest BCUT2D eigenvalue weighted by Crippen LogP contribution is 2.49. The second-order valence-electron chi connectivity index (χ2n) is 7.17. The molecule has 5 heteroatoms. The van der Waals surface area contributed by atoms with Crippen LogP contribution in [-0.4, -0.2) is 29.6 Å². The first kappa shape index (κ1) is 17.6. The van der Waals surface area contributed by atoms with Crippen LogP contribution >= 0.6 is 0 Å². The zero-order chi connectivity index (χ0) is 16.9. The minimum atomic E-state index is -0.934. The van der Waals surface area contributed by atoms with Crippen LogP contribution < -0.4 is 5.32 Å². The molecule has 132 valence electrons. The summed E-state index contributed by atoms with van der Waals surface area (Å²) < 4.78 is 16.9. The Bertz CT molecular complexity index is 604. The van der Waals surface area contributed by atoms with Crippen molar-refractivity contribution in [1.29, 1.82) is 0 Å². The average molecular weight is 349 g/mol. The van der Waals surface area contributed by atoms with Crippen molar-refractivity contribution in [2.45, 2.75) is 37.9 Å². The molecule has 2 aliphatic carbocycles. The minimum Gasteiger partial charge on any atom is -0.384 e. The highest BCUT2D eigenvalue weighted by Gasteiger charge is 2.40. The number of methoxy groups -OCH3 is 1. The van der Waals surface area contributed by atoms with Gasteiger partial charge in [-0.15, -0.1) is 0 Å². The van der Waals surface area contributed by atoms with Crippen molar-refractivity contribution in [2.75, 3.05) is 24.8 Å². The van der Waals surface area contributed by atoms with Gasteiger partial charge in [-0.3, -0.25) is 9.00 Å². The van der Waals surface area contributed by atoms with Gasteiger partial charge in [-0.1, -0.05) is 18.6 Å². The summed E-state index contributed by atoms with van der Waals surface area (Å²) in [5.74, 6) is 3.38. The standard InChI is InChI=1S/C19H27NO3S/c1-23-7-8-24(22)13-15-3-2-4-18(11-15)20-19(21)12-17-10-14-5-6-16(17)9-14/h2-4,11,14,16-17H,5-10,12-13H2,1H3,(H,20,21)/t14-,16-,17+,24+/m0/s1. The van der Waals surface area contributed by atoms with E-state index >= 15 is 0 Å². The highest BCUT2D eigenvalue weighted by molar-refractivity contribution is 7.84. The number of hydrogen-bond donors (Lipinski definition) is 1. The Labute approximate surface area is 146 Å². The molecule has 1 amide bonds. The van der Waals surface area contributed by atoms with Gasteiger partial charge >= 0.3 is 0 Å². The van der Waals surface area contributed by atoms with E-state index in [-0.39, 0.29) is 5.91 Å². The topological polar surface area (TPSA) is 55.4 Å². The minimum absolute atomic E-state index is 0.116. The predicted octanol–water partition coefficient (Wildman–Crippen LogP) is 3.35. The summed E-state index contributed by atoms with van der Waals surface area (Å²) in [5, 5.41) is 3.02. The Morgan fingerprint density at radius 2 is 2.21 bits per heavy atom. The first-order chi connectivity index (χ1) is 11.6. The lowest BCUT2D eigenvalue weighted by atomic mass is 9.86. The van der Waals surface area contributed by atoms with E-state index in [0.29, 0.717) is 30.5 Å². The lowest BCUT2D eigenvalue weighted by molar-refractivity contribution is -0.117. The number of ether oxygens (including phenoxy) is 1. The summed E-state index contributed by atoms with van der Waals surface area (Å²) in [6, 6.07) is 7.70. The van der Waals surface area contributed by atoms with E-state index in [1.54, 1.807) is 7.11 Å². The van der Waals surface area contributed by atoms with Crippen LogP contribution in [0.15, 0.2) is 24.3 Å². The van der Waals surface area contributed by atoms with E-state index in [9.17, 15) is 9.00 Å². The summed E-state index contributed by atoms with van der Waals surface area (Å²) in [4.78, 5) is 12.3. The number of anilines is 1. The SMILES string of the molecule is COCC[S@@](=O)Cc1cccc(NC(=O)C[C@H]2C[C@H]3CC[C@H]2C3)c1. The molecule has 0 aromatic heterocycles. The van der Waals surface area contributed by atoms with E-state index in [2.05, 4.69) is 5.32 Å². The molecule has 1 aromatic rings. The molecule has 0 spiro atoms. The molecule has 0 unspecified atom stereocenters. The van der Waals surface area contributed by atoms with Gasteiger partial charge < -0.3 is 10.1 Å². The molecule has 4 atom stereocenters. The van der Waals surface area contributed by atoms with E-state index < -0.39 is 10.8 Å². The van der Waals surface area contributed by atoms with Gasteiger partial charge in [0.2, 0.25) is 5.91 Å². The van der Waals surface area contributed by atoms with E-state index in [0.717, 1.165) is 23.1 Å². The zero-order valence-corrected chi connectivity index (χ0v) is 15.1. The number of fused-ring (bicyclic) bond motifs is 2. The van der Waals surface area contributed by atoms with Gasteiger partial charge in [0, 0.05) is 41.5 Å². The quantitative estimate of drug-likeness (QED) is 0.783. The number of carbonyl (C=O) groups excluding carboxylic acids is 1. The van der Waals surface area contributed by atoms with Gasteiger partial charge in [0.15, 0.2) is 0 Å². The zero-order valence-electron chi connectivity index (χ0n) is 14.3. The van der Waals surface area contributed by atoms with Gasteiger partial charge in [-0.25, -0.2) is 0 Å². The Morgan fingerprint density at radius 1 is 1.33 bits per heavy atom. The fourth-order valence-electron chi connectivity index (χ4n) is 4.25. The van der Waals surface area contributed by atoms with Crippen LogP contribution in [0.1, 0.15) is 37.7 Å². The monoisotopic (exact) mass is 349 g/mol. The molecule has 2 bridgehead atoms. The third-order valence-corrected chi connectivity index (χ3v) is 6.66. The smallest absolute Gasteiger partial charge is 0.224 e. The fraction of sp³-hybridized carbons (Fsp3) is 0.632. The van der Waals surface area contributed by atoms with Crippen molar-refractivity contribution in [3.05, 3.63) is 29.8 Å². The second kappa shape index (κ2) is 8.26. The molecule has 3 rings (SSSR count). The average Bonchev–Trinajstić information content (AvgIpc) is 3.16. The Morgan fingerprint density at radius 3 is 2.92 bits per heavy atom. The van der Waals surface area contributed by atoms with Gasteiger partial charge in [0.05, 0.1) is 6.61 Å². The third kappa shape index (κ3) is 4.67.